The van der Waals surface area contributed by atoms with Gasteiger partial charge in [0.2, 0.25) is 5.91 Å². The average molecular weight is 475 g/mol. The fourth-order valence-electron chi connectivity index (χ4n) is 5.74. The zero-order valence-corrected chi connectivity index (χ0v) is 20.7. The van der Waals surface area contributed by atoms with Gasteiger partial charge in [0.1, 0.15) is 5.82 Å². The van der Waals surface area contributed by atoms with Crippen molar-refractivity contribution < 1.29 is 9.53 Å². The van der Waals surface area contributed by atoms with Crippen LogP contribution in [0.25, 0.3) is 22.0 Å². The number of carbonyl (C=O) groups is 1. The maximum absolute atomic E-state index is 12.2. The van der Waals surface area contributed by atoms with E-state index in [1.165, 1.54) is 16.6 Å². The van der Waals surface area contributed by atoms with Crippen LogP contribution in [0.4, 0.5) is 5.82 Å². The first-order valence-electron chi connectivity index (χ1n) is 12.8. The number of rotatable bonds is 3. The summed E-state index contributed by atoms with van der Waals surface area (Å²) in [7, 11) is 2.17. The van der Waals surface area contributed by atoms with Crippen molar-refractivity contribution in [1.82, 2.24) is 24.6 Å². The first-order valence-corrected chi connectivity index (χ1v) is 12.8. The molecule has 8 nitrogen and oxygen atoms in total. The van der Waals surface area contributed by atoms with Crippen molar-refractivity contribution in [3.05, 3.63) is 41.7 Å². The summed E-state index contributed by atoms with van der Waals surface area (Å²) < 4.78 is 7.88. The van der Waals surface area contributed by atoms with Gasteiger partial charge in [0.25, 0.3) is 0 Å². The molecule has 3 aromatic rings. The van der Waals surface area contributed by atoms with Crippen LogP contribution in [0.5, 0.6) is 0 Å². The van der Waals surface area contributed by atoms with Crippen LogP contribution in [0.15, 0.2) is 30.5 Å². The third-order valence-electron chi connectivity index (χ3n) is 7.90. The lowest BCUT2D eigenvalue weighted by Gasteiger charge is -2.33. The molecule has 3 aliphatic rings. The van der Waals surface area contributed by atoms with Gasteiger partial charge in [-0.25, -0.2) is 4.98 Å². The standard InChI is InChI=1S/C27H34N6O2/c1-19(34)32-9-6-25-24(18-32)27(29-33(25)21-7-14-35-15-8-21)22-5-3-4-20-16-26(28-17-23(20)22)31-12-10-30(2)11-13-31/h3-5,16-17,21H,6-15,18H2,1-2H3. The number of hydrogen-bond acceptors (Lipinski definition) is 6. The van der Waals surface area contributed by atoms with Crippen LogP contribution in [0.1, 0.15) is 37.1 Å². The Bertz CT molecular complexity index is 1240. The van der Waals surface area contributed by atoms with Gasteiger partial charge in [0, 0.05) is 94.2 Å². The van der Waals surface area contributed by atoms with E-state index in [2.05, 4.69) is 45.8 Å². The molecule has 0 atom stereocenters. The van der Waals surface area contributed by atoms with Crippen molar-refractivity contribution in [2.24, 2.45) is 0 Å². The molecule has 0 spiro atoms. The number of benzene rings is 1. The molecule has 8 heteroatoms. The highest BCUT2D eigenvalue weighted by Crippen LogP contribution is 2.37. The Morgan fingerprint density at radius 3 is 2.66 bits per heavy atom. The van der Waals surface area contributed by atoms with Gasteiger partial charge in [-0.2, -0.15) is 5.10 Å². The third-order valence-corrected chi connectivity index (χ3v) is 7.90. The number of fused-ring (bicyclic) bond motifs is 2. The van der Waals surface area contributed by atoms with Crippen LogP contribution < -0.4 is 4.90 Å². The number of nitrogens with zero attached hydrogens (tertiary/aromatic N) is 6. The monoisotopic (exact) mass is 474 g/mol. The predicted octanol–water partition coefficient (Wildman–Crippen LogP) is 3.11. The van der Waals surface area contributed by atoms with E-state index < -0.39 is 0 Å². The molecule has 0 radical (unpaired) electrons. The second-order valence-corrected chi connectivity index (χ2v) is 10.1. The van der Waals surface area contributed by atoms with E-state index in [0.29, 0.717) is 12.6 Å². The molecule has 0 aliphatic carbocycles. The second-order valence-electron chi connectivity index (χ2n) is 10.1. The SMILES string of the molecule is CC(=O)N1CCc2c(c(-c3cccc4cc(N5CCN(C)CC5)ncc34)nn2C2CCOCC2)C1. The summed E-state index contributed by atoms with van der Waals surface area (Å²) in [5, 5.41) is 7.53. The molecule has 0 bridgehead atoms. The molecule has 2 fully saturated rings. The molecule has 3 aliphatic heterocycles. The van der Waals surface area contributed by atoms with Gasteiger partial charge in [0.05, 0.1) is 11.7 Å². The Kier molecular flexibility index (Phi) is 5.94. The number of hydrogen-bond donors (Lipinski definition) is 0. The van der Waals surface area contributed by atoms with Crippen LogP contribution in [0.3, 0.4) is 0 Å². The van der Waals surface area contributed by atoms with Gasteiger partial charge in [0.15, 0.2) is 0 Å². The maximum atomic E-state index is 12.2. The predicted molar refractivity (Wildman–Crippen MR) is 137 cm³/mol. The van der Waals surface area contributed by atoms with Crippen molar-refractivity contribution in [3.8, 4) is 11.3 Å². The molecule has 184 valence electrons. The topological polar surface area (TPSA) is 66.7 Å². The molecule has 1 aromatic carbocycles. The van der Waals surface area contributed by atoms with Gasteiger partial charge >= 0.3 is 0 Å². The lowest BCUT2D eigenvalue weighted by molar-refractivity contribution is -0.129. The van der Waals surface area contributed by atoms with Gasteiger partial charge in [-0.3, -0.25) is 9.48 Å². The molecular formula is C27H34N6O2. The maximum Gasteiger partial charge on any atom is 0.219 e. The van der Waals surface area contributed by atoms with Crippen molar-refractivity contribution in [2.75, 3.05) is 57.9 Å². The highest BCUT2D eigenvalue weighted by molar-refractivity contribution is 5.97. The minimum atomic E-state index is 0.122. The number of pyridine rings is 1. The number of carbonyl (C=O) groups excluding carboxylic acids is 1. The molecular weight excluding hydrogens is 440 g/mol. The minimum Gasteiger partial charge on any atom is -0.381 e. The zero-order chi connectivity index (χ0) is 23.9. The van der Waals surface area contributed by atoms with Crippen molar-refractivity contribution in [1.29, 1.82) is 0 Å². The van der Waals surface area contributed by atoms with Crippen LogP contribution >= 0.6 is 0 Å². The normalized spacial score (nSPS) is 19.8. The van der Waals surface area contributed by atoms with E-state index in [-0.39, 0.29) is 5.91 Å². The van der Waals surface area contributed by atoms with E-state index in [1.807, 2.05) is 11.1 Å². The summed E-state index contributed by atoms with van der Waals surface area (Å²) in [6.07, 6.45) is 4.82. The first kappa shape index (κ1) is 22.5. The number of likely N-dealkylation sites (N-methyl/N-ethyl adjacent to an activating group) is 1. The summed E-state index contributed by atoms with van der Waals surface area (Å²) in [5.41, 5.74) is 4.57. The lowest BCUT2D eigenvalue weighted by atomic mass is 9.97. The zero-order valence-electron chi connectivity index (χ0n) is 20.7. The summed E-state index contributed by atoms with van der Waals surface area (Å²) in [6.45, 7) is 8.70. The summed E-state index contributed by atoms with van der Waals surface area (Å²) in [6, 6.07) is 9.02. The molecule has 1 amide bonds. The Hall–Kier alpha value is -2.97. The molecule has 5 heterocycles. The van der Waals surface area contributed by atoms with E-state index in [1.54, 1.807) is 6.92 Å². The average Bonchev–Trinajstić information content (AvgIpc) is 3.27. The Labute approximate surface area is 206 Å². The largest absolute Gasteiger partial charge is 0.381 e. The van der Waals surface area contributed by atoms with Gasteiger partial charge in [-0.05, 0) is 31.3 Å². The Morgan fingerprint density at radius 2 is 1.89 bits per heavy atom. The number of piperazine rings is 1. The summed E-state index contributed by atoms with van der Waals surface area (Å²) >= 11 is 0. The van der Waals surface area contributed by atoms with Gasteiger partial charge < -0.3 is 19.4 Å². The number of anilines is 1. The van der Waals surface area contributed by atoms with Crippen LogP contribution in [0, 0.1) is 0 Å². The molecule has 35 heavy (non-hydrogen) atoms. The van der Waals surface area contributed by atoms with Crippen LogP contribution in [-0.2, 0) is 22.5 Å². The third kappa shape index (κ3) is 4.19. The summed E-state index contributed by atoms with van der Waals surface area (Å²) in [4.78, 5) is 23.8. The van der Waals surface area contributed by atoms with E-state index in [4.69, 9.17) is 14.8 Å². The van der Waals surface area contributed by atoms with Crippen molar-refractivity contribution in [3.63, 3.8) is 0 Å². The van der Waals surface area contributed by atoms with Crippen LogP contribution in [0.2, 0.25) is 0 Å². The fourth-order valence-corrected chi connectivity index (χ4v) is 5.74. The highest BCUT2D eigenvalue weighted by atomic mass is 16.5. The molecule has 0 saturated carbocycles. The van der Waals surface area contributed by atoms with E-state index in [0.717, 1.165) is 87.7 Å². The van der Waals surface area contributed by atoms with Gasteiger partial charge in [-0.15, -0.1) is 0 Å². The number of ether oxygens (including phenoxy) is 1. The smallest absolute Gasteiger partial charge is 0.219 e. The van der Waals surface area contributed by atoms with Gasteiger partial charge in [-0.1, -0.05) is 18.2 Å². The quantitative estimate of drug-likeness (QED) is 0.581. The number of amides is 1. The number of aromatic nitrogens is 3. The van der Waals surface area contributed by atoms with E-state index in [9.17, 15) is 4.79 Å². The fraction of sp³-hybridized carbons (Fsp3) is 0.519. The van der Waals surface area contributed by atoms with E-state index >= 15 is 0 Å². The molecule has 2 saturated heterocycles. The summed E-state index contributed by atoms with van der Waals surface area (Å²) in [5.74, 6) is 1.16. The van der Waals surface area contributed by atoms with Crippen molar-refractivity contribution in [2.45, 2.75) is 38.8 Å². The highest BCUT2D eigenvalue weighted by Gasteiger charge is 2.30. The molecule has 2 aromatic heterocycles. The molecule has 0 unspecified atom stereocenters. The second kappa shape index (κ2) is 9.24. The Morgan fingerprint density at radius 1 is 1.09 bits per heavy atom. The molecule has 6 rings (SSSR count). The molecule has 0 N–H and O–H groups in total. The van der Waals surface area contributed by atoms with Crippen molar-refractivity contribution >= 4 is 22.5 Å². The van der Waals surface area contributed by atoms with Crippen LogP contribution in [-0.4, -0.2) is 83.5 Å². The minimum absolute atomic E-state index is 0.122. The Balaban J connectivity index is 1.42. The first-order chi connectivity index (χ1) is 17.1. The lowest BCUT2D eigenvalue weighted by Crippen LogP contribution is -2.44.